The van der Waals surface area contributed by atoms with Gasteiger partial charge in [-0.25, -0.2) is 0 Å². The molecule has 0 aromatic heterocycles. The highest BCUT2D eigenvalue weighted by Crippen LogP contribution is 2.30. The zero-order valence-electron chi connectivity index (χ0n) is 14.4. The SMILES string of the molecule is CC(=NNc1ccc(C(F)(F)F)cc1)c1cc(Cl)ccc1NS(=O)(=O)C(F)(F)F. The predicted molar refractivity (Wildman–Crippen MR) is 97.3 cm³/mol. The lowest BCUT2D eigenvalue weighted by Gasteiger charge is -2.14. The number of hydrogen-bond acceptors (Lipinski definition) is 4. The molecule has 2 aromatic carbocycles. The first-order chi connectivity index (χ1) is 13.2. The van der Waals surface area contributed by atoms with Crippen LogP contribution in [0.2, 0.25) is 5.02 Å². The van der Waals surface area contributed by atoms with Crippen LogP contribution in [-0.2, 0) is 16.2 Å². The fraction of sp³-hybridized carbons (Fsp3) is 0.188. The number of sulfonamides is 1. The average Bonchev–Trinajstić information content (AvgIpc) is 2.59. The minimum Gasteiger partial charge on any atom is -0.278 e. The Kier molecular flexibility index (Phi) is 6.38. The summed E-state index contributed by atoms with van der Waals surface area (Å²) >= 11 is 5.82. The van der Waals surface area contributed by atoms with Gasteiger partial charge in [-0.05, 0) is 49.4 Å². The Morgan fingerprint density at radius 1 is 1.00 bits per heavy atom. The topological polar surface area (TPSA) is 70.6 Å². The van der Waals surface area contributed by atoms with Crippen LogP contribution in [0.15, 0.2) is 47.6 Å². The van der Waals surface area contributed by atoms with Crippen molar-refractivity contribution < 1.29 is 34.8 Å². The van der Waals surface area contributed by atoms with Crippen LogP contribution in [0.5, 0.6) is 0 Å². The third kappa shape index (κ3) is 5.76. The molecule has 0 saturated heterocycles. The van der Waals surface area contributed by atoms with Crippen molar-refractivity contribution in [1.29, 1.82) is 0 Å². The lowest BCUT2D eigenvalue weighted by atomic mass is 10.1. The van der Waals surface area contributed by atoms with E-state index in [0.29, 0.717) is 0 Å². The maximum atomic E-state index is 12.6. The molecule has 29 heavy (non-hydrogen) atoms. The van der Waals surface area contributed by atoms with Crippen molar-refractivity contribution in [2.75, 3.05) is 10.1 Å². The molecular formula is C16H12ClF6N3O2S. The number of rotatable bonds is 5. The van der Waals surface area contributed by atoms with Gasteiger partial charge in [0.05, 0.1) is 22.6 Å². The summed E-state index contributed by atoms with van der Waals surface area (Å²) in [7, 11) is -5.68. The molecule has 0 unspecified atom stereocenters. The fourth-order valence-electron chi connectivity index (χ4n) is 2.05. The molecule has 0 aliphatic rings. The van der Waals surface area contributed by atoms with Gasteiger partial charge in [0.1, 0.15) is 0 Å². The smallest absolute Gasteiger partial charge is 0.278 e. The molecule has 0 fully saturated rings. The van der Waals surface area contributed by atoms with E-state index in [4.69, 9.17) is 11.6 Å². The summed E-state index contributed by atoms with van der Waals surface area (Å²) in [5.41, 5.74) is -4.28. The van der Waals surface area contributed by atoms with Crippen LogP contribution >= 0.6 is 11.6 Å². The fourth-order valence-corrected chi connectivity index (χ4v) is 2.81. The van der Waals surface area contributed by atoms with E-state index in [2.05, 4.69) is 10.5 Å². The van der Waals surface area contributed by atoms with Crippen LogP contribution in [-0.4, -0.2) is 19.6 Å². The number of benzene rings is 2. The van der Waals surface area contributed by atoms with E-state index in [1.807, 2.05) is 0 Å². The average molecular weight is 460 g/mol. The second-order valence-electron chi connectivity index (χ2n) is 5.63. The van der Waals surface area contributed by atoms with Gasteiger partial charge in [0, 0.05) is 10.6 Å². The Morgan fingerprint density at radius 2 is 1.59 bits per heavy atom. The summed E-state index contributed by atoms with van der Waals surface area (Å²) in [6, 6.07) is 7.22. The third-order valence-corrected chi connectivity index (χ3v) is 4.82. The normalized spacial score (nSPS) is 13.3. The van der Waals surface area contributed by atoms with Crippen molar-refractivity contribution in [3.8, 4) is 0 Å². The van der Waals surface area contributed by atoms with Crippen LogP contribution in [0, 0.1) is 0 Å². The lowest BCUT2D eigenvalue weighted by Crippen LogP contribution is -2.30. The zero-order valence-corrected chi connectivity index (χ0v) is 15.9. The van der Waals surface area contributed by atoms with Crippen LogP contribution in [0.25, 0.3) is 0 Å². The highest BCUT2D eigenvalue weighted by Gasteiger charge is 2.46. The maximum Gasteiger partial charge on any atom is 0.516 e. The van der Waals surface area contributed by atoms with Crippen molar-refractivity contribution in [1.82, 2.24) is 0 Å². The van der Waals surface area contributed by atoms with Crippen molar-refractivity contribution in [2.24, 2.45) is 5.10 Å². The molecule has 0 atom stereocenters. The Labute approximate surface area is 166 Å². The number of anilines is 2. The van der Waals surface area contributed by atoms with Gasteiger partial charge in [0.15, 0.2) is 0 Å². The quantitative estimate of drug-likeness (QED) is 0.354. The molecule has 0 aliphatic heterocycles. The first-order valence-electron chi connectivity index (χ1n) is 7.57. The monoisotopic (exact) mass is 459 g/mol. The number of halogens is 7. The molecule has 0 spiro atoms. The van der Waals surface area contributed by atoms with Gasteiger partial charge in [-0.2, -0.15) is 39.9 Å². The molecule has 0 aliphatic carbocycles. The van der Waals surface area contributed by atoms with Gasteiger partial charge in [-0.15, -0.1) is 0 Å². The van der Waals surface area contributed by atoms with Gasteiger partial charge in [-0.1, -0.05) is 11.6 Å². The predicted octanol–water partition coefficient (Wildman–Crippen LogP) is 5.46. The molecule has 0 saturated carbocycles. The molecule has 0 radical (unpaired) electrons. The standard InChI is InChI=1S/C16H12ClF6N3O2S/c1-9(24-25-12-5-2-10(3-6-12)15(18,19)20)13-8-11(17)4-7-14(13)26-29(27,28)16(21,22)23/h2-8,25-26H,1H3. The molecule has 2 aromatic rings. The number of alkyl halides is 6. The second kappa shape index (κ2) is 8.11. The van der Waals surface area contributed by atoms with Gasteiger partial charge in [0.2, 0.25) is 0 Å². The molecule has 5 nitrogen and oxygen atoms in total. The zero-order chi connectivity index (χ0) is 22.0. The Balaban J connectivity index is 2.30. The molecule has 158 valence electrons. The van der Waals surface area contributed by atoms with Crippen molar-refractivity contribution >= 4 is 38.7 Å². The molecule has 0 heterocycles. The number of nitrogens with one attached hydrogen (secondary N) is 2. The van der Waals surface area contributed by atoms with E-state index < -0.39 is 33.0 Å². The molecule has 13 heteroatoms. The third-order valence-electron chi connectivity index (χ3n) is 3.49. The van der Waals surface area contributed by atoms with Gasteiger partial charge in [-0.3, -0.25) is 10.1 Å². The number of nitrogens with zero attached hydrogens (tertiary/aromatic N) is 1. The van der Waals surface area contributed by atoms with E-state index in [0.717, 1.165) is 30.3 Å². The molecule has 2 rings (SSSR count). The van der Waals surface area contributed by atoms with E-state index >= 15 is 0 Å². The van der Waals surface area contributed by atoms with Crippen molar-refractivity contribution in [2.45, 2.75) is 18.6 Å². The highest BCUT2D eigenvalue weighted by molar-refractivity contribution is 7.93. The van der Waals surface area contributed by atoms with E-state index in [1.54, 1.807) is 0 Å². The summed E-state index contributed by atoms with van der Waals surface area (Å²) < 4.78 is 99.7. The second-order valence-corrected chi connectivity index (χ2v) is 7.74. The van der Waals surface area contributed by atoms with Gasteiger partial charge in [0.25, 0.3) is 0 Å². The summed E-state index contributed by atoms with van der Waals surface area (Å²) in [6.45, 7) is 1.34. The summed E-state index contributed by atoms with van der Waals surface area (Å²) in [6.07, 6.45) is -4.51. The first-order valence-corrected chi connectivity index (χ1v) is 9.43. The van der Waals surface area contributed by atoms with Crippen LogP contribution in [0.3, 0.4) is 0 Å². The lowest BCUT2D eigenvalue weighted by molar-refractivity contribution is -0.137. The van der Waals surface area contributed by atoms with Crippen LogP contribution < -0.4 is 10.1 Å². The van der Waals surface area contributed by atoms with E-state index in [1.165, 1.54) is 23.8 Å². The van der Waals surface area contributed by atoms with Crippen molar-refractivity contribution in [3.63, 3.8) is 0 Å². The van der Waals surface area contributed by atoms with Gasteiger partial charge < -0.3 is 0 Å². The number of hydrazone groups is 1. The van der Waals surface area contributed by atoms with Crippen LogP contribution in [0.4, 0.5) is 37.7 Å². The Bertz CT molecular complexity index is 1020. The summed E-state index contributed by atoms with van der Waals surface area (Å²) in [5, 5.41) is 3.96. The highest BCUT2D eigenvalue weighted by atomic mass is 35.5. The maximum absolute atomic E-state index is 12.6. The minimum atomic E-state index is -5.68. The molecule has 2 N–H and O–H groups in total. The van der Waals surface area contributed by atoms with Gasteiger partial charge >= 0.3 is 21.7 Å². The molecule has 0 bridgehead atoms. The minimum absolute atomic E-state index is 0.0206. The number of hydrogen-bond donors (Lipinski definition) is 2. The Morgan fingerprint density at radius 3 is 2.10 bits per heavy atom. The summed E-state index contributed by atoms with van der Waals surface area (Å²) in [5.74, 6) is 0. The van der Waals surface area contributed by atoms with E-state index in [9.17, 15) is 34.8 Å². The largest absolute Gasteiger partial charge is 0.516 e. The first kappa shape index (κ1) is 22.8. The van der Waals surface area contributed by atoms with Crippen LogP contribution in [0.1, 0.15) is 18.1 Å². The summed E-state index contributed by atoms with van der Waals surface area (Å²) in [4.78, 5) is 0. The molecular weight excluding hydrogens is 448 g/mol. The van der Waals surface area contributed by atoms with E-state index in [-0.39, 0.29) is 22.0 Å². The molecule has 0 amide bonds. The van der Waals surface area contributed by atoms with Crippen molar-refractivity contribution in [3.05, 3.63) is 58.6 Å². The Hall–Kier alpha value is -2.47.